The van der Waals surface area contributed by atoms with E-state index in [2.05, 4.69) is 66.0 Å². The highest BCUT2D eigenvalue weighted by atomic mass is 127. The number of aliphatic imine (C=N–C) groups is 1. The quantitative estimate of drug-likeness (QED) is 0.315. The number of benzene rings is 1. The van der Waals surface area contributed by atoms with E-state index in [9.17, 15) is 0 Å². The summed E-state index contributed by atoms with van der Waals surface area (Å²) in [6.45, 7) is 12.1. The molecule has 1 rings (SSSR count). The van der Waals surface area contributed by atoms with Gasteiger partial charge >= 0.3 is 0 Å². The summed E-state index contributed by atoms with van der Waals surface area (Å²) in [5.74, 6) is 0.780. The van der Waals surface area contributed by atoms with Gasteiger partial charge in [-0.3, -0.25) is 4.99 Å². The number of hydrogen-bond acceptors (Lipinski definition) is 3. The third-order valence-electron chi connectivity index (χ3n) is 4.06. The molecule has 144 valence electrons. The van der Waals surface area contributed by atoms with Gasteiger partial charge in [-0.05, 0) is 40.2 Å². The SMILES string of the molecule is CN=C(NCC(C)(C)NC(C)c1ccccc1)NCC(C)(C)OC.I. The molecule has 0 aliphatic carbocycles. The van der Waals surface area contributed by atoms with Gasteiger partial charge in [-0.25, -0.2) is 0 Å². The van der Waals surface area contributed by atoms with Gasteiger partial charge in [-0.15, -0.1) is 24.0 Å². The van der Waals surface area contributed by atoms with E-state index in [4.69, 9.17) is 4.74 Å². The normalized spacial score (nSPS) is 13.8. The summed E-state index contributed by atoms with van der Waals surface area (Å²) in [5.41, 5.74) is 0.978. The number of nitrogens with one attached hydrogen (secondary N) is 3. The van der Waals surface area contributed by atoms with E-state index in [0.717, 1.165) is 12.5 Å². The molecule has 5 nitrogen and oxygen atoms in total. The Hall–Kier alpha value is -0.860. The van der Waals surface area contributed by atoms with Crippen molar-refractivity contribution in [3.05, 3.63) is 35.9 Å². The zero-order chi connectivity index (χ0) is 18.2. The fourth-order valence-electron chi connectivity index (χ4n) is 2.36. The smallest absolute Gasteiger partial charge is 0.191 e. The number of rotatable bonds is 8. The van der Waals surface area contributed by atoms with Crippen LogP contribution < -0.4 is 16.0 Å². The molecule has 1 aromatic rings. The van der Waals surface area contributed by atoms with Crippen LogP contribution in [0.3, 0.4) is 0 Å². The molecule has 0 spiro atoms. The Kier molecular flexibility index (Phi) is 10.6. The highest BCUT2D eigenvalue weighted by molar-refractivity contribution is 14.0. The van der Waals surface area contributed by atoms with Crippen LogP contribution in [0.2, 0.25) is 0 Å². The number of guanidine groups is 1. The molecule has 0 aliphatic rings. The number of methoxy groups -OCH3 is 1. The van der Waals surface area contributed by atoms with E-state index in [-0.39, 0.29) is 41.2 Å². The van der Waals surface area contributed by atoms with Crippen LogP contribution >= 0.6 is 24.0 Å². The Bertz CT molecular complexity index is 517. The van der Waals surface area contributed by atoms with Crippen LogP contribution in [-0.4, -0.2) is 44.3 Å². The molecule has 0 saturated heterocycles. The Morgan fingerprint density at radius 2 is 1.64 bits per heavy atom. The summed E-state index contributed by atoms with van der Waals surface area (Å²) in [6.07, 6.45) is 0. The maximum Gasteiger partial charge on any atom is 0.191 e. The Morgan fingerprint density at radius 3 is 2.16 bits per heavy atom. The topological polar surface area (TPSA) is 57.7 Å². The second kappa shape index (κ2) is 11.0. The van der Waals surface area contributed by atoms with Gasteiger partial charge in [0.2, 0.25) is 0 Å². The maximum absolute atomic E-state index is 5.42. The summed E-state index contributed by atoms with van der Waals surface area (Å²) in [6, 6.07) is 10.8. The average molecular weight is 462 g/mol. The van der Waals surface area contributed by atoms with E-state index in [1.165, 1.54) is 5.56 Å². The second-order valence-electron chi connectivity index (χ2n) is 7.40. The van der Waals surface area contributed by atoms with E-state index in [1.807, 2.05) is 19.9 Å². The Morgan fingerprint density at radius 1 is 1.08 bits per heavy atom. The number of hydrogen-bond donors (Lipinski definition) is 3. The molecule has 0 heterocycles. The van der Waals surface area contributed by atoms with Gasteiger partial charge in [-0.1, -0.05) is 30.3 Å². The molecule has 0 bridgehead atoms. The molecule has 0 aliphatic heterocycles. The van der Waals surface area contributed by atoms with Crippen molar-refractivity contribution in [1.29, 1.82) is 0 Å². The fourth-order valence-corrected chi connectivity index (χ4v) is 2.36. The number of halogens is 1. The minimum absolute atomic E-state index is 0. The molecule has 1 atom stereocenters. The van der Waals surface area contributed by atoms with Crippen molar-refractivity contribution < 1.29 is 4.74 Å². The summed E-state index contributed by atoms with van der Waals surface area (Å²) >= 11 is 0. The standard InChI is InChI=1S/C19H34N4O.HI/c1-15(16-11-9-8-10-12-16)23-18(2,3)13-21-17(20-6)22-14-19(4,5)24-7;/h8-12,15,23H,13-14H2,1-7H3,(H2,20,21,22);1H. The van der Waals surface area contributed by atoms with E-state index < -0.39 is 0 Å². The summed E-state index contributed by atoms with van der Waals surface area (Å²) in [7, 11) is 3.50. The molecule has 1 unspecified atom stereocenters. The van der Waals surface area contributed by atoms with Gasteiger partial charge in [0.25, 0.3) is 0 Å². The summed E-state index contributed by atoms with van der Waals surface area (Å²) in [4.78, 5) is 4.28. The lowest BCUT2D eigenvalue weighted by Crippen LogP contribution is -2.53. The van der Waals surface area contributed by atoms with Crippen molar-refractivity contribution >= 4 is 29.9 Å². The molecule has 0 aromatic heterocycles. The summed E-state index contributed by atoms with van der Waals surface area (Å²) < 4.78 is 5.42. The van der Waals surface area contributed by atoms with Crippen molar-refractivity contribution in [1.82, 2.24) is 16.0 Å². The van der Waals surface area contributed by atoms with Crippen LogP contribution in [0.1, 0.15) is 46.2 Å². The van der Waals surface area contributed by atoms with Crippen molar-refractivity contribution in [2.24, 2.45) is 4.99 Å². The van der Waals surface area contributed by atoms with Gasteiger partial charge < -0.3 is 20.7 Å². The largest absolute Gasteiger partial charge is 0.377 e. The van der Waals surface area contributed by atoms with Gasteiger partial charge in [0.05, 0.1) is 5.60 Å². The molecular formula is C19H35IN4O. The van der Waals surface area contributed by atoms with Crippen molar-refractivity contribution in [3.63, 3.8) is 0 Å². The maximum atomic E-state index is 5.42. The van der Waals surface area contributed by atoms with Crippen LogP contribution in [0.4, 0.5) is 0 Å². The van der Waals surface area contributed by atoms with Gasteiger partial charge in [0, 0.05) is 38.8 Å². The average Bonchev–Trinajstić information content (AvgIpc) is 2.55. The zero-order valence-electron chi connectivity index (χ0n) is 16.6. The molecule has 0 fully saturated rings. The van der Waals surface area contributed by atoms with Gasteiger partial charge in [0.15, 0.2) is 5.96 Å². The molecule has 0 radical (unpaired) electrons. The first-order valence-corrected chi connectivity index (χ1v) is 8.51. The van der Waals surface area contributed by atoms with Crippen LogP contribution in [0, 0.1) is 0 Å². The Labute approximate surface area is 170 Å². The lowest BCUT2D eigenvalue weighted by atomic mass is 10.0. The summed E-state index contributed by atoms with van der Waals surface area (Å²) in [5, 5.41) is 10.4. The third kappa shape index (κ3) is 9.42. The van der Waals surface area contributed by atoms with Gasteiger partial charge in [0.1, 0.15) is 0 Å². The second-order valence-corrected chi connectivity index (χ2v) is 7.40. The highest BCUT2D eigenvalue weighted by Gasteiger charge is 2.22. The predicted octanol–water partition coefficient (Wildman–Crippen LogP) is 3.32. The van der Waals surface area contributed by atoms with E-state index in [0.29, 0.717) is 6.54 Å². The lowest BCUT2D eigenvalue weighted by molar-refractivity contribution is 0.0268. The van der Waals surface area contributed by atoms with E-state index in [1.54, 1.807) is 14.2 Å². The third-order valence-corrected chi connectivity index (χ3v) is 4.06. The van der Waals surface area contributed by atoms with Crippen molar-refractivity contribution in [2.75, 3.05) is 27.2 Å². The van der Waals surface area contributed by atoms with Crippen LogP contribution in [0.25, 0.3) is 0 Å². The molecule has 25 heavy (non-hydrogen) atoms. The zero-order valence-corrected chi connectivity index (χ0v) is 19.0. The van der Waals surface area contributed by atoms with E-state index >= 15 is 0 Å². The molecule has 1 aromatic carbocycles. The highest BCUT2D eigenvalue weighted by Crippen LogP contribution is 2.15. The lowest BCUT2D eigenvalue weighted by Gasteiger charge is -2.32. The molecule has 0 saturated carbocycles. The van der Waals surface area contributed by atoms with Gasteiger partial charge in [-0.2, -0.15) is 0 Å². The monoisotopic (exact) mass is 462 g/mol. The molecular weight excluding hydrogens is 427 g/mol. The molecule has 0 amide bonds. The first-order valence-electron chi connectivity index (χ1n) is 8.51. The van der Waals surface area contributed by atoms with Crippen LogP contribution in [0.15, 0.2) is 35.3 Å². The predicted molar refractivity (Wildman–Crippen MR) is 118 cm³/mol. The minimum Gasteiger partial charge on any atom is -0.377 e. The first-order chi connectivity index (χ1) is 11.2. The molecule has 3 N–H and O–H groups in total. The minimum atomic E-state index is -0.229. The molecule has 6 heteroatoms. The number of nitrogens with zero attached hydrogens (tertiary/aromatic N) is 1. The number of ether oxygens (including phenoxy) is 1. The fraction of sp³-hybridized carbons (Fsp3) is 0.632. The van der Waals surface area contributed by atoms with Crippen LogP contribution in [0.5, 0.6) is 0 Å². The van der Waals surface area contributed by atoms with Crippen molar-refractivity contribution in [2.45, 2.75) is 51.8 Å². The van der Waals surface area contributed by atoms with Crippen molar-refractivity contribution in [3.8, 4) is 0 Å². The van der Waals surface area contributed by atoms with Crippen LogP contribution in [-0.2, 0) is 4.74 Å². The first kappa shape index (κ1) is 24.1. The Balaban J connectivity index is 0.00000576.